The molecule has 1 aromatic carbocycles. The van der Waals surface area contributed by atoms with Gasteiger partial charge < -0.3 is 5.11 Å². The van der Waals surface area contributed by atoms with E-state index in [1.165, 1.54) is 18.3 Å². The SMILES string of the molecule is N#Cc1cc(CS(=O)c2ccccc2C(=O)O)ccn1. The Balaban J connectivity index is 2.29. The number of hydrogen-bond acceptors (Lipinski definition) is 4. The molecule has 1 aromatic heterocycles. The average Bonchev–Trinajstić information content (AvgIpc) is 2.47. The molecular weight excluding hydrogens is 276 g/mol. The van der Waals surface area contributed by atoms with E-state index in [0.717, 1.165) is 0 Å². The first kappa shape index (κ1) is 13.9. The molecule has 5 nitrogen and oxygen atoms in total. The summed E-state index contributed by atoms with van der Waals surface area (Å²) in [6, 6.07) is 11.3. The third kappa shape index (κ3) is 3.08. The van der Waals surface area contributed by atoms with Crippen molar-refractivity contribution in [2.24, 2.45) is 0 Å². The summed E-state index contributed by atoms with van der Waals surface area (Å²) in [5.41, 5.74) is 0.946. The van der Waals surface area contributed by atoms with Crippen LogP contribution in [0.3, 0.4) is 0 Å². The maximum Gasteiger partial charge on any atom is 0.336 e. The number of nitriles is 1. The number of nitrogens with zero attached hydrogens (tertiary/aromatic N) is 2. The minimum atomic E-state index is -1.49. The molecular formula is C14H10N2O3S. The second-order valence-corrected chi connectivity index (χ2v) is 5.37. The molecule has 2 aromatic rings. The van der Waals surface area contributed by atoms with Gasteiger partial charge >= 0.3 is 5.97 Å². The van der Waals surface area contributed by atoms with E-state index >= 15 is 0 Å². The van der Waals surface area contributed by atoms with E-state index < -0.39 is 16.8 Å². The summed E-state index contributed by atoms with van der Waals surface area (Å²) in [5.74, 6) is -0.969. The van der Waals surface area contributed by atoms with E-state index in [1.54, 1.807) is 24.3 Å². The van der Waals surface area contributed by atoms with Crippen molar-refractivity contribution in [2.75, 3.05) is 0 Å². The number of hydrogen-bond donors (Lipinski definition) is 1. The average molecular weight is 286 g/mol. The van der Waals surface area contributed by atoms with E-state index in [-0.39, 0.29) is 21.9 Å². The molecule has 0 spiro atoms. The van der Waals surface area contributed by atoms with Crippen molar-refractivity contribution in [3.8, 4) is 6.07 Å². The minimum absolute atomic E-state index is 0.0281. The molecule has 0 radical (unpaired) electrons. The lowest BCUT2D eigenvalue weighted by atomic mass is 10.2. The van der Waals surface area contributed by atoms with Crippen molar-refractivity contribution in [3.63, 3.8) is 0 Å². The molecule has 0 saturated carbocycles. The van der Waals surface area contributed by atoms with Crippen molar-refractivity contribution in [1.82, 2.24) is 4.98 Å². The second-order valence-electron chi connectivity index (χ2n) is 3.95. The molecule has 1 atom stereocenters. The third-order valence-electron chi connectivity index (χ3n) is 2.60. The molecule has 6 heteroatoms. The van der Waals surface area contributed by atoms with Crippen LogP contribution in [-0.2, 0) is 16.6 Å². The number of aromatic carboxylic acids is 1. The summed E-state index contributed by atoms with van der Waals surface area (Å²) in [7, 11) is -1.49. The topological polar surface area (TPSA) is 91.0 Å². The fourth-order valence-electron chi connectivity index (χ4n) is 1.70. The van der Waals surface area contributed by atoms with Gasteiger partial charge in [0.2, 0.25) is 0 Å². The fourth-order valence-corrected chi connectivity index (χ4v) is 2.96. The molecule has 100 valence electrons. The van der Waals surface area contributed by atoms with E-state index in [2.05, 4.69) is 4.98 Å². The number of carboxylic acids is 1. The summed E-state index contributed by atoms with van der Waals surface area (Å²) in [6.07, 6.45) is 1.47. The van der Waals surface area contributed by atoms with Crippen LogP contribution in [-0.4, -0.2) is 20.3 Å². The van der Waals surface area contributed by atoms with E-state index in [4.69, 9.17) is 10.4 Å². The van der Waals surface area contributed by atoms with E-state index in [9.17, 15) is 9.00 Å². The molecule has 0 saturated heterocycles. The zero-order valence-corrected chi connectivity index (χ0v) is 11.1. The number of pyridine rings is 1. The Morgan fingerprint density at radius 1 is 1.35 bits per heavy atom. The van der Waals surface area contributed by atoms with Crippen LogP contribution < -0.4 is 0 Å². The maximum atomic E-state index is 12.3. The van der Waals surface area contributed by atoms with Crippen LogP contribution >= 0.6 is 0 Å². The Morgan fingerprint density at radius 3 is 2.80 bits per heavy atom. The quantitative estimate of drug-likeness (QED) is 0.927. The van der Waals surface area contributed by atoms with E-state index in [0.29, 0.717) is 5.56 Å². The number of rotatable bonds is 4. The Morgan fingerprint density at radius 2 is 2.10 bits per heavy atom. The highest BCUT2D eigenvalue weighted by molar-refractivity contribution is 7.84. The Bertz CT molecular complexity index is 722. The van der Waals surface area contributed by atoms with Crippen LogP contribution in [0.1, 0.15) is 21.6 Å². The molecule has 0 bridgehead atoms. The van der Waals surface area contributed by atoms with Crippen LogP contribution in [0.25, 0.3) is 0 Å². The van der Waals surface area contributed by atoms with Gasteiger partial charge in [0.15, 0.2) is 0 Å². The van der Waals surface area contributed by atoms with Gasteiger partial charge in [0.1, 0.15) is 11.8 Å². The molecule has 0 aliphatic rings. The van der Waals surface area contributed by atoms with Crippen LogP contribution in [0, 0.1) is 11.3 Å². The highest BCUT2D eigenvalue weighted by Gasteiger charge is 2.15. The number of carbonyl (C=O) groups is 1. The first-order valence-electron chi connectivity index (χ1n) is 5.67. The lowest BCUT2D eigenvalue weighted by molar-refractivity contribution is 0.0693. The van der Waals surface area contributed by atoms with Gasteiger partial charge in [0, 0.05) is 6.20 Å². The molecule has 2 rings (SSSR count). The first-order valence-corrected chi connectivity index (χ1v) is 6.99. The molecule has 1 unspecified atom stereocenters. The van der Waals surface area contributed by atoms with Crippen molar-refractivity contribution in [1.29, 1.82) is 5.26 Å². The lowest BCUT2D eigenvalue weighted by Gasteiger charge is -2.06. The van der Waals surface area contributed by atoms with Gasteiger partial charge in [0.05, 0.1) is 27.0 Å². The Labute approximate surface area is 118 Å². The zero-order chi connectivity index (χ0) is 14.5. The van der Waals surface area contributed by atoms with Crippen molar-refractivity contribution < 1.29 is 14.1 Å². The zero-order valence-electron chi connectivity index (χ0n) is 10.3. The molecule has 0 aliphatic carbocycles. The fraction of sp³-hybridized carbons (Fsp3) is 0.0714. The summed E-state index contributed by atoms with van der Waals surface area (Å²) in [6.45, 7) is 0. The lowest BCUT2D eigenvalue weighted by Crippen LogP contribution is -2.06. The monoisotopic (exact) mass is 286 g/mol. The predicted octanol–water partition coefficient (Wildman–Crippen LogP) is 1.96. The number of benzene rings is 1. The number of aromatic nitrogens is 1. The minimum Gasteiger partial charge on any atom is -0.478 e. The standard InChI is InChI=1S/C14H10N2O3S/c15-8-11-7-10(5-6-16-11)9-20(19)13-4-2-1-3-12(13)14(17)18/h1-7H,9H2,(H,17,18). The van der Waals surface area contributed by atoms with Crippen LogP contribution in [0.4, 0.5) is 0 Å². The highest BCUT2D eigenvalue weighted by atomic mass is 32.2. The van der Waals surface area contributed by atoms with Crippen LogP contribution in [0.15, 0.2) is 47.5 Å². The second kappa shape index (κ2) is 6.08. The molecule has 1 heterocycles. The number of carboxylic acid groups (broad SMARTS) is 1. The predicted molar refractivity (Wildman–Crippen MR) is 72.5 cm³/mol. The van der Waals surface area contributed by atoms with Gasteiger partial charge in [-0.05, 0) is 29.8 Å². The molecule has 1 N–H and O–H groups in total. The highest BCUT2D eigenvalue weighted by Crippen LogP contribution is 2.17. The normalized spacial score (nSPS) is 11.6. The van der Waals surface area contributed by atoms with Gasteiger partial charge in [-0.25, -0.2) is 9.78 Å². The van der Waals surface area contributed by atoms with Crippen LogP contribution in [0.2, 0.25) is 0 Å². The van der Waals surface area contributed by atoms with Gasteiger partial charge in [-0.15, -0.1) is 0 Å². The van der Waals surface area contributed by atoms with Gasteiger partial charge in [-0.1, -0.05) is 12.1 Å². The summed E-state index contributed by atoms with van der Waals surface area (Å²) >= 11 is 0. The maximum absolute atomic E-state index is 12.3. The molecule has 0 aliphatic heterocycles. The summed E-state index contributed by atoms with van der Waals surface area (Å²) in [4.78, 5) is 15.2. The summed E-state index contributed by atoms with van der Waals surface area (Å²) < 4.78 is 12.3. The Hall–Kier alpha value is -2.52. The molecule has 0 fully saturated rings. The largest absolute Gasteiger partial charge is 0.478 e. The molecule has 0 amide bonds. The third-order valence-corrected chi connectivity index (χ3v) is 4.04. The van der Waals surface area contributed by atoms with E-state index in [1.807, 2.05) is 6.07 Å². The molecule has 20 heavy (non-hydrogen) atoms. The van der Waals surface area contributed by atoms with Crippen molar-refractivity contribution >= 4 is 16.8 Å². The van der Waals surface area contributed by atoms with Crippen molar-refractivity contribution in [2.45, 2.75) is 10.6 Å². The van der Waals surface area contributed by atoms with Gasteiger partial charge in [-0.3, -0.25) is 4.21 Å². The van der Waals surface area contributed by atoms with Gasteiger partial charge in [-0.2, -0.15) is 5.26 Å². The van der Waals surface area contributed by atoms with Gasteiger partial charge in [0.25, 0.3) is 0 Å². The smallest absolute Gasteiger partial charge is 0.336 e. The summed E-state index contributed by atoms with van der Waals surface area (Å²) in [5, 5.41) is 17.8. The first-order chi connectivity index (χ1) is 9.61. The van der Waals surface area contributed by atoms with Crippen LogP contribution in [0.5, 0.6) is 0 Å². The Kier molecular flexibility index (Phi) is 4.23. The van der Waals surface area contributed by atoms with Crippen molar-refractivity contribution in [3.05, 3.63) is 59.4 Å².